The number of aromatic hydroxyl groups is 1. The van der Waals surface area contributed by atoms with Gasteiger partial charge in [-0.3, -0.25) is 0 Å². The van der Waals surface area contributed by atoms with E-state index in [-0.39, 0.29) is 20.4 Å². The molecule has 0 aliphatic rings. The molecular formula is C13H11BrO5S3. The second-order valence-electron chi connectivity index (χ2n) is 4.11. The molecule has 0 fully saturated rings. The third-order valence-electron chi connectivity index (χ3n) is 2.69. The highest BCUT2D eigenvalue weighted by molar-refractivity contribution is 9.10. The Kier molecular flexibility index (Phi) is 5.21. The fourth-order valence-electron chi connectivity index (χ4n) is 1.72. The topological polar surface area (TPSA) is 80.7 Å². The van der Waals surface area contributed by atoms with E-state index >= 15 is 0 Å². The Hall–Kier alpha value is -1.03. The van der Waals surface area contributed by atoms with Gasteiger partial charge in [-0.1, -0.05) is 15.9 Å². The van der Waals surface area contributed by atoms with Crippen LogP contribution in [0.15, 0.2) is 42.7 Å². The smallest absolute Gasteiger partial charge is 0.348 e. The number of thioether (sulfide) groups is 1. The van der Waals surface area contributed by atoms with Crippen LogP contribution < -0.4 is 0 Å². The van der Waals surface area contributed by atoms with E-state index in [9.17, 15) is 18.3 Å². The minimum absolute atomic E-state index is 0.0305. The van der Waals surface area contributed by atoms with Crippen LogP contribution in [-0.4, -0.2) is 32.9 Å². The molecule has 22 heavy (non-hydrogen) atoms. The molecule has 0 saturated heterocycles. The minimum Gasteiger partial charge on any atom is -0.508 e. The van der Waals surface area contributed by atoms with E-state index < -0.39 is 15.8 Å². The average molecular weight is 423 g/mol. The second-order valence-corrected chi connectivity index (χ2v) is 9.07. The van der Waals surface area contributed by atoms with Crippen molar-refractivity contribution in [2.45, 2.75) is 14.0 Å². The lowest BCUT2D eigenvalue weighted by molar-refractivity contribution is 0.0606. The number of carbonyl (C=O) groups is 1. The molecule has 118 valence electrons. The van der Waals surface area contributed by atoms with Crippen molar-refractivity contribution in [3.8, 4) is 5.75 Å². The summed E-state index contributed by atoms with van der Waals surface area (Å²) in [4.78, 5) is 11.8. The van der Waals surface area contributed by atoms with Gasteiger partial charge in [0, 0.05) is 4.47 Å². The number of phenols is 1. The van der Waals surface area contributed by atoms with Crippen molar-refractivity contribution in [3.05, 3.63) is 33.6 Å². The molecule has 1 N–H and O–H groups in total. The van der Waals surface area contributed by atoms with Crippen LogP contribution in [0, 0.1) is 0 Å². The zero-order chi connectivity index (χ0) is 16.5. The van der Waals surface area contributed by atoms with Crippen LogP contribution >= 0.6 is 39.0 Å². The molecule has 1 heterocycles. The molecule has 0 aliphatic heterocycles. The zero-order valence-electron chi connectivity index (χ0n) is 11.5. The van der Waals surface area contributed by atoms with Crippen molar-refractivity contribution in [3.63, 3.8) is 0 Å². The predicted molar refractivity (Wildman–Crippen MR) is 88.7 cm³/mol. The number of rotatable bonds is 4. The Morgan fingerprint density at radius 2 is 2.00 bits per heavy atom. The number of benzene rings is 1. The standard InChI is InChI=1S/C13H11BrO5S3/c1-19-12(16)10-6-11(13(20-2)21-10)22(17,18)9-4-7(14)3-8(15)5-9/h3-6,15H,1-2H3. The minimum atomic E-state index is -3.86. The van der Waals surface area contributed by atoms with Gasteiger partial charge >= 0.3 is 5.97 Å². The lowest BCUT2D eigenvalue weighted by Crippen LogP contribution is -2.02. The van der Waals surface area contributed by atoms with Gasteiger partial charge in [0.1, 0.15) is 10.6 Å². The Bertz CT molecular complexity index is 806. The second kappa shape index (κ2) is 6.61. The first-order chi connectivity index (χ1) is 10.3. The van der Waals surface area contributed by atoms with Gasteiger partial charge < -0.3 is 9.84 Å². The Morgan fingerprint density at radius 3 is 2.55 bits per heavy atom. The van der Waals surface area contributed by atoms with Crippen molar-refractivity contribution in [2.75, 3.05) is 13.4 Å². The summed E-state index contributed by atoms with van der Waals surface area (Å²) in [5.74, 6) is -0.749. The third kappa shape index (κ3) is 3.32. The zero-order valence-corrected chi connectivity index (χ0v) is 15.5. The molecule has 0 spiro atoms. The Balaban J connectivity index is 2.62. The van der Waals surface area contributed by atoms with Gasteiger partial charge in [-0.15, -0.1) is 23.1 Å². The molecular weight excluding hydrogens is 412 g/mol. The van der Waals surface area contributed by atoms with Crippen LogP contribution in [0.25, 0.3) is 0 Å². The predicted octanol–water partition coefficient (Wildman–Crippen LogP) is 3.56. The Morgan fingerprint density at radius 1 is 1.32 bits per heavy atom. The summed E-state index contributed by atoms with van der Waals surface area (Å²) >= 11 is 5.44. The van der Waals surface area contributed by atoms with Crippen molar-refractivity contribution < 1.29 is 23.1 Å². The molecule has 0 saturated carbocycles. The van der Waals surface area contributed by atoms with E-state index in [4.69, 9.17) is 0 Å². The molecule has 5 nitrogen and oxygen atoms in total. The fraction of sp³-hybridized carbons (Fsp3) is 0.154. The van der Waals surface area contributed by atoms with E-state index in [0.717, 1.165) is 11.3 Å². The number of methoxy groups -OCH3 is 1. The number of carbonyl (C=O) groups excluding carboxylic acids is 1. The molecule has 0 atom stereocenters. The molecule has 0 amide bonds. The van der Waals surface area contributed by atoms with Crippen LogP contribution in [0.4, 0.5) is 0 Å². The molecule has 2 rings (SSSR count). The van der Waals surface area contributed by atoms with Gasteiger partial charge in [0.2, 0.25) is 9.84 Å². The summed E-state index contributed by atoms with van der Waals surface area (Å²) in [5.41, 5.74) is 0. The molecule has 1 aromatic carbocycles. The molecule has 0 radical (unpaired) electrons. The summed E-state index contributed by atoms with van der Waals surface area (Å²) in [6.45, 7) is 0. The summed E-state index contributed by atoms with van der Waals surface area (Å²) in [6.07, 6.45) is 1.73. The van der Waals surface area contributed by atoms with Crippen molar-refractivity contribution in [1.29, 1.82) is 0 Å². The quantitative estimate of drug-likeness (QED) is 0.599. The van der Waals surface area contributed by atoms with Crippen LogP contribution in [0.5, 0.6) is 5.75 Å². The van der Waals surface area contributed by atoms with Gasteiger partial charge in [-0.25, -0.2) is 13.2 Å². The number of hydrogen-bond donors (Lipinski definition) is 1. The van der Waals surface area contributed by atoms with Gasteiger partial charge in [-0.2, -0.15) is 0 Å². The fourth-order valence-corrected chi connectivity index (χ4v) is 6.33. The first-order valence-electron chi connectivity index (χ1n) is 5.80. The molecule has 2 aromatic rings. The molecule has 0 unspecified atom stereocenters. The summed E-state index contributed by atoms with van der Waals surface area (Å²) in [6, 6.07) is 5.26. The highest BCUT2D eigenvalue weighted by atomic mass is 79.9. The maximum absolute atomic E-state index is 12.8. The maximum atomic E-state index is 12.8. The molecule has 0 bridgehead atoms. The van der Waals surface area contributed by atoms with E-state index in [0.29, 0.717) is 8.68 Å². The number of halogens is 1. The first-order valence-corrected chi connectivity index (χ1v) is 10.1. The summed E-state index contributed by atoms with van der Waals surface area (Å²) in [5, 5.41) is 9.59. The van der Waals surface area contributed by atoms with E-state index in [1.54, 1.807) is 6.26 Å². The van der Waals surface area contributed by atoms with Crippen LogP contribution in [-0.2, 0) is 14.6 Å². The van der Waals surface area contributed by atoms with Gasteiger partial charge in [0.05, 0.1) is 21.1 Å². The number of thiophene rings is 1. The van der Waals surface area contributed by atoms with Crippen LogP contribution in [0.1, 0.15) is 9.67 Å². The average Bonchev–Trinajstić information content (AvgIpc) is 2.90. The molecule has 0 aliphatic carbocycles. The van der Waals surface area contributed by atoms with E-state index in [1.165, 1.54) is 43.1 Å². The monoisotopic (exact) mass is 422 g/mol. The Labute approximate surface area is 144 Å². The molecule has 1 aromatic heterocycles. The number of ether oxygens (including phenoxy) is 1. The SMILES string of the molecule is COC(=O)c1cc(S(=O)(=O)c2cc(O)cc(Br)c2)c(SC)s1. The van der Waals surface area contributed by atoms with Crippen LogP contribution in [0.2, 0.25) is 0 Å². The van der Waals surface area contributed by atoms with Gasteiger partial charge in [0.15, 0.2) is 0 Å². The van der Waals surface area contributed by atoms with E-state index in [1.807, 2.05) is 0 Å². The first kappa shape index (κ1) is 17.3. The number of phenolic OH excluding ortho intramolecular Hbond substituents is 1. The lowest BCUT2D eigenvalue weighted by atomic mass is 10.3. The van der Waals surface area contributed by atoms with Gasteiger partial charge in [-0.05, 0) is 30.5 Å². The number of hydrogen-bond acceptors (Lipinski definition) is 7. The number of esters is 1. The van der Waals surface area contributed by atoms with E-state index in [2.05, 4.69) is 20.7 Å². The summed E-state index contributed by atoms with van der Waals surface area (Å²) in [7, 11) is -2.62. The van der Waals surface area contributed by atoms with Crippen molar-refractivity contribution >= 4 is 54.8 Å². The highest BCUT2D eigenvalue weighted by Crippen LogP contribution is 2.38. The van der Waals surface area contributed by atoms with Crippen molar-refractivity contribution in [1.82, 2.24) is 0 Å². The highest BCUT2D eigenvalue weighted by Gasteiger charge is 2.27. The van der Waals surface area contributed by atoms with Crippen molar-refractivity contribution in [2.24, 2.45) is 0 Å². The van der Waals surface area contributed by atoms with Crippen LogP contribution in [0.3, 0.4) is 0 Å². The molecule has 9 heteroatoms. The number of sulfone groups is 1. The normalized spacial score (nSPS) is 11.4. The van der Waals surface area contributed by atoms with Gasteiger partial charge in [0.25, 0.3) is 0 Å². The summed E-state index contributed by atoms with van der Waals surface area (Å²) < 4.78 is 31.1. The maximum Gasteiger partial charge on any atom is 0.348 e. The lowest BCUT2D eigenvalue weighted by Gasteiger charge is -2.06. The third-order valence-corrected chi connectivity index (χ3v) is 7.42. The largest absolute Gasteiger partial charge is 0.508 e.